The molecule has 0 radical (unpaired) electrons. The normalized spacial score (nSPS) is 13.5. The molecule has 0 amide bonds. The van der Waals surface area contributed by atoms with Gasteiger partial charge in [0.05, 0.1) is 0 Å². The van der Waals surface area contributed by atoms with Gasteiger partial charge in [-0.05, 0) is 30.0 Å². The van der Waals surface area contributed by atoms with Crippen LogP contribution < -0.4 is 4.74 Å². The molecule has 0 saturated heterocycles. The van der Waals surface area contributed by atoms with E-state index in [1.807, 2.05) is 13.8 Å². The molecule has 0 fully saturated rings. The summed E-state index contributed by atoms with van der Waals surface area (Å²) < 4.78 is 53.5. The largest absolute Gasteiger partial charge is 0.484 e. The molecule has 0 saturated carbocycles. The number of benzene rings is 1. The van der Waals surface area contributed by atoms with E-state index >= 15 is 0 Å². The van der Waals surface area contributed by atoms with Crippen LogP contribution in [0.25, 0.3) is 0 Å². The smallest absolute Gasteiger partial charge is 0.422 e. The minimum atomic E-state index is -4.41. The van der Waals surface area contributed by atoms with E-state index in [0.717, 1.165) is 12.5 Å². The second kappa shape index (κ2) is 5.38. The fourth-order valence-electron chi connectivity index (χ4n) is 1.35. The molecule has 1 aromatic rings. The number of hydrogen-bond donors (Lipinski definition) is 0. The maximum absolute atomic E-state index is 13.2. The average Bonchev–Trinajstić information content (AvgIpc) is 2.23. The van der Waals surface area contributed by atoms with Gasteiger partial charge in [-0.1, -0.05) is 13.8 Å². The van der Waals surface area contributed by atoms with E-state index in [2.05, 4.69) is 4.74 Å². The Hall–Kier alpha value is -1.26. The Morgan fingerprint density at radius 2 is 1.88 bits per heavy atom. The topological polar surface area (TPSA) is 9.23 Å². The van der Waals surface area contributed by atoms with E-state index in [9.17, 15) is 17.6 Å². The number of hydrogen-bond acceptors (Lipinski definition) is 1. The lowest BCUT2D eigenvalue weighted by molar-refractivity contribution is -0.153. The van der Waals surface area contributed by atoms with Crippen molar-refractivity contribution >= 4 is 0 Å². The Labute approximate surface area is 97.4 Å². The Kier molecular flexibility index (Phi) is 4.37. The van der Waals surface area contributed by atoms with E-state index < -0.39 is 18.6 Å². The maximum atomic E-state index is 13.2. The molecule has 96 valence electrons. The summed E-state index contributed by atoms with van der Waals surface area (Å²) in [4.78, 5) is 0. The van der Waals surface area contributed by atoms with E-state index in [1.165, 1.54) is 12.1 Å². The molecule has 1 nitrogen and oxygen atoms in total. The van der Waals surface area contributed by atoms with E-state index in [4.69, 9.17) is 0 Å². The molecule has 0 aromatic heterocycles. The van der Waals surface area contributed by atoms with Crippen LogP contribution in [0.1, 0.15) is 31.7 Å². The van der Waals surface area contributed by atoms with E-state index in [-0.39, 0.29) is 11.7 Å². The summed E-state index contributed by atoms with van der Waals surface area (Å²) in [6.45, 7) is 2.39. The number of ether oxygens (including phenoxy) is 1. The van der Waals surface area contributed by atoms with Crippen LogP contribution in [0.3, 0.4) is 0 Å². The lowest BCUT2D eigenvalue weighted by Gasteiger charge is -2.13. The first-order valence-electron chi connectivity index (χ1n) is 5.32. The quantitative estimate of drug-likeness (QED) is 0.725. The molecule has 0 aliphatic heterocycles. The van der Waals surface area contributed by atoms with Crippen molar-refractivity contribution in [3.8, 4) is 5.75 Å². The first-order valence-corrected chi connectivity index (χ1v) is 5.32. The van der Waals surface area contributed by atoms with Crippen LogP contribution in [0.5, 0.6) is 5.75 Å². The van der Waals surface area contributed by atoms with Crippen molar-refractivity contribution in [2.75, 3.05) is 6.61 Å². The standard InChI is InChI=1S/C12H14F4O/c1-3-8(2)9-4-10(13)6-11(5-9)17-7-12(14,15)16/h4-6,8H,3,7H2,1-2H3. The van der Waals surface area contributed by atoms with Crippen LogP contribution >= 0.6 is 0 Å². The van der Waals surface area contributed by atoms with Crippen molar-refractivity contribution in [1.29, 1.82) is 0 Å². The van der Waals surface area contributed by atoms with Gasteiger partial charge in [0, 0.05) is 6.07 Å². The first kappa shape index (κ1) is 13.8. The van der Waals surface area contributed by atoms with Gasteiger partial charge in [0.25, 0.3) is 0 Å². The van der Waals surface area contributed by atoms with Gasteiger partial charge in [0.1, 0.15) is 11.6 Å². The molecule has 0 spiro atoms. The van der Waals surface area contributed by atoms with Gasteiger partial charge in [0.15, 0.2) is 6.61 Å². The second-order valence-corrected chi connectivity index (χ2v) is 3.93. The summed E-state index contributed by atoms with van der Waals surface area (Å²) in [5.41, 5.74) is 0.643. The zero-order valence-electron chi connectivity index (χ0n) is 9.64. The molecule has 1 rings (SSSR count). The Morgan fingerprint density at radius 3 is 2.41 bits per heavy atom. The molecule has 17 heavy (non-hydrogen) atoms. The highest BCUT2D eigenvalue weighted by Crippen LogP contribution is 2.26. The minimum Gasteiger partial charge on any atom is -0.484 e. The van der Waals surface area contributed by atoms with Gasteiger partial charge in [-0.25, -0.2) is 4.39 Å². The zero-order valence-corrected chi connectivity index (χ0v) is 9.64. The van der Waals surface area contributed by atoms with Crippen molar-refractivity contribution in [2.45, 2.75) is 32.4 Å². The summed E-state index contributed by atoms with van der Waals surface area (Å²) in [6.07, 6.45) is -3.63. The Bertz CT molecular complexity index is 373. The van der Waals surface area contributed by atoms with Crippen molar-refractivity contribution in [1.82, 2.24) is 0 Å². The second-order valence-electron chi connectivity index (χ2n) is 3.93. The molecular formula is C12H14F4O. The molecule has 0 N–H and O–H groups in total. The van der Waals surface area contributed by atoms with E-state index in [1.54, 1.807) is 0 Å². The van der Waals surface area contributed by atoms with Gasteiger partial charge < -0.3 is 4.74 Å². The van der Waals surface area contributed by atoms with Crippen molar-refractivity contribution < 1.29 is 22.3 Å². The molecule has 1 atom stereocenters. The predicted octanol–water partition coefficient (Wildman–Crippen LogP) is 4.28. The van der Waals surface area contributed by atoms with Gasteiger partial charge in [0.2, 0.25) is 0 Å². The summed E-state index contributed by atoms with van der Waals surface area (Å²) >= 11 is 0. The molecule has 1 aromatic carbocycles. The lowest BCUT2D eigenvalue weighted by Crippen LogP contribution is -2.19. The van der Waals surface area contributed by atoms with Gasteiger partial charge >= 0.3 is 6.18 Å². The highest BCUT2D eigenvalue weighted by atomic mass is 19.4. The van der Waals surface area contributed by atoms with Crippen LogP contribution in [0.4, 0.5) is 17.6 Å². The maximum Gasteiger partial charge on any atom is 0.422 e. The van der Waals surface area contributed by atoms with Gasteiger partial charge in [-0.3, -0.25) is 0 Å². The van der Waals surface area contributed by atoms with Crippen molar-refractivity contribution in [3.05, 3.63) is 29.6 Å². The fourth-order valence-corrected chi connectivity index (χ4v) is 1.35. The fraction of sp³-hybridized carbons (Fsp3) is 0.500. The van der Waals surface area contributed by atoms with Crippen LogP contribution in [0.15, 0.2) is 18.2 Å². The number of rotatable bonds is 4. The first-order chi connectivity index (χ1) is 7.81. The monoisotopic (exact) mass is 250 g/mol. The van der Waals surface area contributed by atoms with Crippen molar-refractivity contribution in [3.63, 3.8) is 0 Å². The molecule has 0 aliphatic carbocycles. The third kappa shape index (κ3) is 4.63. The predicted molar refractivity (Wildman–Crippen MR) is 56.7 cm³/mol. The highest BCUT2D eigenvalue weighted by molar-refractivity contribution is 5.31. The number of alkyl halides is 3. The number of halogens is 4. The molecule has 1 unspecified atom stereocenters. The SMILES string of the molecule is CCC(C)c1cc(F)cc(OCC(F)(F)F)c1. The summed E-state index contributed by atoms with van der Waals surface area (Å²) in [7, 11) is 0. The Balaban J connectivity index is 2.82. The van der Waals surface area contributed by atoms with Gasteiger partial charge in [-0.2, -0.15) is 13.2 Å². The average molecular weight is 250 g/mol. The van der Waals surface area contributed by atoms with Gasteiger partial charge in [-0.15, -0.1) is 0 Å². The summed E-state index contributed by atoms with van der Waals surface area (Å²) in [6, 6.07) is 3.72. The van der Waals surface area contributed by atoms with Crippen LogP contribution in [0.2, 0.25) is 0 Å². The zero-order chi connectivity index (χ0) is 13.1. The summed E-state index contributed by atoms with van der Waals surface area (Å²) in [5, 5.41) is 0. The third-order valence-electron chi connectivity index (χ3n) is 2.48. The Morgan fingerprint density at radius 1 is 1.24 bits per heavy atom. The van der Waals surface area contributed by atoms with Crippen LogP contribution in [-0.4, -0.2) is 12.8 Å². The highest BCUT2D eigenvalue weighted by Gasteiger charge is 2.28. The molecule has 5 heteroatoms. The van der Waals surface area contributed by atoms with E-state index in [0.29, 0.717) is 5.56 Å². The molecular weight excluding hydrogens is 236 g/mol. The third-order valence-corrected chi connectivity index (χ3v) is 2.48. The molecule has 0 bridgehead atoms. The lowest BCUT2D eigenvalue weighted by atomic mass is 9.98. The van der Waals surface area contributed by atoms with Crippen LogP contribution in [-0.2, 0) is 0 Å². The summed E-state index contributed by atoms with van der Waals surface area (Å²) in [5.74, 6) is -0.587. The van der Waals surface area contributed by atoms with Crippen LogP contribution in [0, 0.1) is 5.82 Å². The minimum absolute atomic E-state index is 0.0823. The molecule has 0 heterocycles. The molecule has 0 aliphatic rings. The van der Waals surface area contributed by atoms with Crippen molar-refractivity contribution in [2.24, 2.45) is 0 Å².